The lowest BCUT2D eigenvalue weighted by Gasteiger charge is -2.22. The van der Waals surface area contributed by atoms with Crippen molar-refractivity contribution in [2.45, 2.75) is 25.1 Å². The zero-order valence-corrected chi connectivity index (χ0v) is 14.3. The molecule has 1 atom stereocenters. The van der Waals surface area contributed by atoms with Crippen molar-refractivity contribution in [3.63, 3.8) is 0 Å². The number of benzene rings is 2. The van der Waals surface area contributed by atoms with Crippen molar-refractivity contribution in [1.29, 1.82) is 0 Å². The van der Waals surface area contributed by atoms with Crippen LogP contribution < -0.4 is 10.5 Å². The molecule has 0 aliphatic rings. The van der Waals surface area contributed by atoms with Crippen LogP contribution in [0, 0.1) is 0 Å². The summed E-state index contributed by atoms with van der Waals surface area (Å²) in [6.07, 6.45) is -6.33. The Morgan fingerprint density at radius 2 is 1.87 bits per heavy atom. The first-order chi connectivity index (χ1) is 10.8. The Bertz CT molecular complexity index is 679. The van der Waals surface area contributed by atoms with Crippen molar-refractivity contribution in [3.05, 3.63) is 57.5 Å². The molecule has 2 N–H and O–H groups in total. The van der Waals surface area contributed by atoms with Crippen LogP contribution in [0.25, 0.3) is 0 Å². The van der Waals surface area contributed by atoms with Crippen molar-refractivity contribution in [2.24, 2.45) is 0 Å². The molecular weight excluding hydrogens is 395 g/mol. The average molecular weight is 409 g/mol. The molecule has 2 aromatic carbocycles. The third-order valence-electron chi connectivity index (χ3n) is 3.18. The van der Waals surface area contributed by atoms with Crippen molar-refractivity contribution < 1.29 is 17.9 Å². The Kier molecular flexibility index (Phi) is 5.81. The van der Waals surface area contributed by atoms with Gasteiger partial charge in [0.05, 0.1) is 5.69 Å². The van der Waals surface area contributed by atoms with E-state index in [0.717, 1.165) is 4.47 Å². The molecule has 124 valence electrons. The van der Waals surface area contributed by atoms with E-state index < -0.39 is 18.7 Å². The van der Waals surface area contributed by atoms with Gasteiger partial charge in [0, 0.05) is 21.5 Å². The molecule has 0 amide bonds. The summed E-state index contributed by atoms with van der Waals surface area (Å²) in [5.74, 6) is 0.320. The molecule has 2 rings (SSSR count). The second-order valence-electron chi connectivity index (χ2n) is 4.96. The van der Waals surface area contributed by atoms with E-state index in [9.17, 15) is 13.2 Å². The third kappa shape index (κ3) is 5.32. The zero-order valence-electron chi connectivity index (χ0n) is 11.9. The summed E-state index contributed by atoms with van der Waals surface area (Å²) in [5.41, 5.74) is 6.69. The van der Waals surface area contributed by atoms with Crippen molar-refractivity contribution in [1.82, 2.24) is 0 Å². The van der Waals surface area contributed by atoms with Crippen molar-refractivity contribution in [3.8, 4) is 5.75 Å². The summed E-state index contributed by atoms with van der Waals surface area (Å²) >= 11 is 9.37. The topological polar surface area (TPSA) is 35.2 Å². The predicted molar refractivity (Wildman–Crippen MR) is 88.7 cm³/mol. The molecule has 0 fully saturated rings. The predicted octanol–water partition coefficient (Wildman–Crippen LogP) is 6.15. The second kappa shape index (κ2) is 7.45. The molecule has 0 aliphatic carbocycles. The first-order valence-corrected chi connectivity index (χ1v) is 7.96. The fraction of sp³-hybridized carbons (Fsp3) is 0.250. The standard InChI is InChI=1S/C16H14BrClF3NO/c17-10-5-6-15(13(22)9-10)23-14(7-8-16(19,20)21)11-3-1-2-4-12(11)18/h1-6,9,14H,7-8,22H2. The number of halogens is 5. The van der Waals surface area contributed by atoms with E-state index in [1.54, 1.807) is 42.5 Å². The summed E-state index contributed by atoms with van der Waals surface area (Å²) in [4.78, 5) is 0. The minimum absolute atomic E-state index is 0.247. The van der Waals surface area contributed by atoms with E-state index in [0.29, 0.717) is 22.0 Å². The van der Waals surface area contributed by atoms with Crippen LogP contribution >= 0.6 is 27.5 Å². The molecule has 1 unspecified atom stereocenters. The average Bonchev–Trinajstić information content (AvgIpc) is 2.45. The quantitative estimate of drug-likeness (QED) is 0.602. The van der Waals surface area contributed by atoms with Gasteiger partial charge in [-0.25, -0.2) is 0 Å². The smallest absolute Gasteiger partial charge is 0.389 e. The first kappa shape index (κ1) is 17.9. The van der Waals surface area contributed by atoms with E-state index in [1.165, 1.54) is 0 Å². The number of nitrogens with two attached hydrogens (primary N) is 1. The van der Waals surface area contributed by atoms with Crippen LogP contribution in [0.1, 0.15) is 24.5 Å². The van der Waals surface area contributed by atoms with E-state index in [4.69, 9.17) is 22.1 Å². The number of hydrogen-bond acceptors (Lipinski definition) is 2. The largest absolute Gasteiger partial charge is 0.484 e. The molecule has 0 saturated heterocycles. The maximum atomic E-state index is 12.6. The fourth-order valence-electron chi connectivity index (χ4n) is 2.09. The molecule has 23 heavy (non-hydrogen) atoms. The van der Waals surface area contributed by atoms with E-state index >= 15 is 0 Å². The van der Waals surface area contributed by atoms with Crippen LogP contribution in [0.4, 0.5) is 18.9 Å². The summed E-state index contributed by atoms with van der Waals surface area (Å²) < 4.78 is 44.2. The first-order valence-electron chi connectivity index (χ1n) is 6.79. The van der Waals surface area contributed by atoms with Gasteiger partial charge in [0.15, 0.2) is 0 Å². The molecule has 2 nitrogen and oxygen atoms in total. The van der Waals surface area contributed by atoms with Gasteiger partial charge in [0.1, 0.15) is 11.9 Å². The Labute approximate surface area is 145 Å². The molecule has 0 heterocycles. The molecule has 0 aromatic heterocycles. The van der Waals surface area contributed by atoms with Gasteiger partial charge in [-0.1, -0.05) is 45.7 Å². The monoisotopic (exact) mass is 407 g/mol. The zero-order chi connectivity index (χ0) is 17.0. The molecular formula is C16H14BrClF3NO. The number of hydrogen-bond donors (Lipinski definition) is 1. The van der Waals surface area contributed by atoms with Crippen molar-refractivity contribution >= 4 is 33.2 Å². The molecule has 7 heteroatoms. The van der Waals surface area contributed by atoms with Crippen LogP contribution in [0.15, 0.2) is 46.9 Å². The highest BCUT2D eigenvalue weighted by Gasteiger charge is 2.30. The Balaban J connectivity index is 2.28. The molecule has 0 saturated carbocycles. The van der Waals surface area contributed by atoms with Crippen molar-refractivity contribution in [2.75, 3.05) is 5.73 Å². The van der Waals surface area contributed by atoms with Gasteiger partial charge in [-0.2, -0.15) is 13.2 Å². The molecule has 0 radical (unpaired) electrons. The SMILES string of the molecule is Nc1cc(Br)ccc1OC(CCC(F)(F)F)c1ccccc1Cl. The van der Waals surface area contributed by atoms with E-state index in [2.05, 4.69) is 15.9 Å². The summed E-state index contributed by atoms with van der Waals surface area (Å²) in [5, 5.41) is 0.357. The maximum Gasteiger partial charge on any atom is 0.389 e. The molecule has 0 aliphatic heterocycles. The summed E-state index contributed by atoms with van der Waals surface area (Å²) in [6, 6.07) is 11.6. The highest BCUT2D eigenvalue weighted by molar-refractivity contribution is 9.10. The summed E-state index contributed by atoms with van der Waals surface area (Å²) in [6.45, 7) is 0. The number of alkyl halides is 3. The van der Waals surface area contributed by atoms with Crippen LogP contribution in [-0.4, -0.2) is 6.18 Å². The fourth-order valence-corrected chi connectivity index (χ4v) is 2.73. The van der Waals surface area contributed by atoms with Gasteiger partial charge in [0.25, 0.3) is 0 Å². The lowest BCUT2D eigenvalue weighted by atomic mass is 10.0. The minimum Gasteiger partial charge on any atom is -0.484 e. The Morgan fingerprint density at radius 3 is 2.48 bits per heavy atom. The van der Waals surface area contributed by atoms with Gasteiger partial charge in [0.2, 0.25) is 0 Å². The Hall–Kier alpha value is -1.40. The van der Waals surface area contributed by atoms with Gasteiger partial charge >= 0.3 is 6.18 Å². The third-order valence-corrected chi connectivity index (χ3v) is 4.02. The van der Waals surface area contributed by atoms with Gasteiger partial charge in [-0.15, -0.1) is 0 Å². The minimum atomic E-state index is -4.27. The van der Waals surface area contributed by atoms with Crippen LogP contribution in [0.5, 0.6) is 5.75 Å². The van der Waals surface area contributed by atoms with E-state index in [-0.39, 0.29) is 6.42 Å². The number of ether oxygens (including phenoxy) is 1. The lowest BCUT2D eigenvalue weighted by molar-refractivity contribution is -0.139. The van der Waals surface area contributed by atoms with Gasteiger partial charge < -0.3 is 10.5 Å². The normalized spacial score (nSPS) is 12.9. The number of anilines is 1. The number of nitrogen functional groups attached to an aromatic ring is 1. The van der Waals surface area contributed by atoms with Crippen LogP contribution in [0.2, 0.25) is 5.02 Å². The number of rotatable bonds is 5. The Morgan fingerprint density at radius 1 is 1.17 bits per heavy atom. The van der Waals surface area contributed by atoms with Gasteiger partial charge in [-0.05, 0) is 30.7 Å². The highest BCUT2D eigenvalue weighted by atomic mass is 79.9. The molecule has 2 aromatic rings. The van der Waals surface area contributed by atoms with Gasteiger partial charge in [-0.3, -0.25) is 0 Å². The summed E-state index contributed by atoms with van der Waals surface area (Å²) in [7, 11) is 0. The van der Waals surface area contributed by atoms with Crippen LogP contribution in [0.3, 0.4) is 0 Å². The second-order valence-corrected chi connectivity index (χ2v) is 6.29. The maximum absolute atomic E-state index is 12.6. The highest BCUT2D eigenvalue weighted by Crippen LogP contribution is 2.36. The van der Waals surface area contributed by atoms with E-state index in [1.807, 2.05) is 0 Å². The molecule has 0 spiro atoms. The van der Waals surface area contributed by atoms with Crippen LogP contribution in [-0.2, 0) is 0 Å². The lowest BCUT2D eigenvalue weighted by Crippen LogP contribution is -2.15. The molecule has 0 bridgehead atoms.